The maximum Gasteiger partial charge on any atom is 0.435 e. The fourth-order valence-electron chi connectivity index (χ4n) is 4.13. The van der Waals surface area contributed by atoms with Crippen LogP contribution < -0.4 is 10.5 Å². The Hall–Kier alpha value is -3.76. The lowest BCUT2D eigenvalue weighted by molar-refractivity contribution is -0.141. The molecule has 1 aliphatic heterocycles. The number of rotatable bonds is 7. The SMILES string of the molecule is CC(C)(COCCC(=O)N1CCN(c2ncc(C(F)(F)F)cn2)CC1)n1nc(C(F)(F)F)c2c(=O)[nH]ncc21. The van der Waals surface area contributed by atoms with Crippen molar-refractivity contribution in [3.05, 3.63) is 40.2 Å². The van der Waals surface area contributed by atoms with Gasteiger partial charge in [-0.25, -0.2) is 15.1 Å². The van der Waals surface area contributed by atoms with Crippen molar-refractivity contribution in [2.24, 2.45) is 0 Å². The van der Waals surface area contributed by atoms with Gasteiger partial charge in [-0.3, -0.25) is 14.3 Å². The third-order valence-corrected chi connectivity index (χ3v) is 6.14. The summed E-state index contributed by atoms with van der Waals surface area (Å²) >= 11 is 0. The summed E-state index contributed by atoms with van der Waals surface area (Å²) in [4.78, 5) is 35.4. The number of halogens is 6. The monoisotopic (exact) mass is 562 g/mol. The molecule has 1 amide bonds. The smallest absolute Gasteiger partial charge is 0.378 e. The third kappa shape index (κ3) is 6.12. The summed E-state index contributed by atoms with van der Waals surface area (Å²) < 4.78 is 85.2. The lowest BCUT2D eigenvalue weighted by Crippen LogP contribution is -2.49. The molecule has 1 saturated heterocycles. The maximum absolute atomic E-state index is 13.5. The highest BCUT2D eigenvalue weighted by atomic mass is 19.4. The van der Waals surface area contributed by atoms with Crippen LogP contribution in [0, 0.1) is 0 Å². The minimum absolute atomic E-state index is 0.00173. The molecule has 1 fully saturated rings. The normalized spacial score (nSPS) is 15.3. The minimum atomic E-state index is -4.86. The Morgan fingerprint density at radius 2 is 1.64 bits per heavy atom. The summed E-state index contributed by atoms with van der Waals surface area (Å²) in [6, 6.07) is 0. The molecule has 0 spiro atoms. The molecule has 11 nitrogen and oxygen atoms in total. The molecule has 1 aliphatic rings. The summed E-state index contributed by atoms with van der Waals surface area (Å²) in [6.07, 6.45) is -6.88. The minimum Gasteiger partial charge on any atom is -0.378 e. The van der Waals surface area contributed by atoms with Gasteiger partial charge in [0.05, 0.1) is 42.5 Å². The average Bonchev–Trinajstić information content (AvgIpc) is 3.29. The topological polar surface area (TPSA) is 122 Å². The predicted octanol–water partition coefficient (Wildman–Crippen LogP) is 2.44. The van der Waals surface area contributed by atoms with Crippen LogP contribution >= 0.6 is 0 Å². The molecule has 212 valence electrons. The average molecular weight is 562 g/mol. The van der Waals surface area contributed by atoms with Gasteiger partial charge in [-0.15, -0.1) is 0 Å². The quantitative estimate of drug-likeness (QED) is 0.344. The predicted molar refractivity (Wildman–Crippen MR) is 124 cm³/mol. The van der Waals surface area contributed by atoms with Crippen LogP contribution in [0.4, 0.5) is 32.3 Å². The molecule has 17 heteroatoms. The van der Waals surface area contributed by atoms with Gasteiger partial charge in [0, 0.05) is 38.6 Å². The molecule has 0 bridgehead atoms. The van der Waals surface area contributed by atoms with Crippen molar-refractivity contribution in [2.45, 2.75) is 38.2 Å². The van der Waals surface area contributed by atoms with Crippen LogP contribution in [0.25, 0.3) is 10.9 Å². The van der Waals surface area contributed by atoms with Crippen molar-refractivity contribution in [3.63, 3.8) is 0 Å². The molecule has 3 aromatic heterocycles. The summed E-state index contributed by atoms with van der Waals surface area (Å²) in [5, 5.41) is 8.57. The van der Waals surface area contributed by atoms with Gasteiger partial charge in [-0.05, 0) is 13.8 Å². The van der Waals surface area contributed by atoms with Gasteiger partial charge in [0.1, 0.15) is 5.39 Å². The van der Waals surface area contributed by atoms with Crippen molar-refractivity contribution in [1.82, 2.24) is 34.8 Å². The maximum atomic E-state index is 13.5. The highest BCUT2D eigenvalue weighted by molar-refractivity contribution is 5.80. The number of aromatic amines is 1. The zero-order valence-electron chi connectivity index (χ0n) is 20.8. The van der Waals surface area contributed by atoms with Crippen molar-refractivity contribution >= 4 is 22.8 Å². The van der Waals surface area contributed by atoms with E-state index < -0.39 is 40.1 Å². The molecule has 1 N–H and O–H groups in total. The second kappa shape index (κ2) is 10.4. The van der Waals surface area contributed by atoms with E-state index in [1.165, 1.54) is 0 Å². The molecule has 0 saturated carbocycles. The first kappa shape index (κ1) is 28.3. The second-order valence-electron chi connectivity index (χ2n) is 9.47. The Bertz CT molecular complexity index is 1380. The third-order valence-electron chi connectivity index (χ3n) is 6.14. The van der Waals surface area contributed by atoms with E-state index >= 15 is 0 Å². The molecular weight excluding hydrogens is 538 g/mol. The van der Waals surface area contributed by atoms with E-state index in [0.717, 1.165) is 10.9 Å². The molecule has 3 aromatic rings. The van der Waals surface area contributed by atoms with Crippen LogP contribution in [0.15, 0.2) is 23.4 Å². The van der Waals surface area contributed by atoms with Crippen LogP contribution in [0.3, 0.4) is 0 Å². The highest BCUT2D eigenvalue weighted by Crippen LogP contribution is 2.34. The van der Waals surface area contributed by atoms with Gasteiger partial charge in [0.25, 0.3) is 5.56 Å². The summed E-state index contributed by atoms with van der Waals surface area (Å²) in [6.45, 7) is 4.27. The van der Waals surface area contributed by atoms with Crippen LogP contribution in [0.1, 0.15) is 31.5 Å². The molecular formula is C22H24F6N8O3. The number of anilines is 1. The van der Waals surface area contributed by atoms with Gasteiger partial charge in [-0.2, -0.15) is 36.5 Å². The zero-order valence-corrected chi connectivity index (χ0v) is 20.8. The number of carbonyl (C=O) groups excluding carboxylic acids is 1. The van der Waals surface area contributed by atoms with Crippen LogP contribution in [-0.4, -0.2) is 80.1 Å². The van der Waals surface area contributed by atoms with Gasteiger partial charge >= 0.3 is 12.4 Å². The molecule has 39 heavy (non-hydrogen) atoms. The van der Waals surface area contributed by atoms with E-state index in [-0.39, 0.29) is 37.0 Å². The molecule has 4 heterocycles. The number of hydrogen-bond acceptors (Lipinski definition) is 8. The molecule has 0 atom stereocenters. The highest BCUT2D eigenvalue weighted by Gasteiger charge is 2.40. The molecule has 4 rings (SSSR count). The van der Waals surface area contributed by atoms with E-state index in [0.29, 0.717) is 38.6 Å². The molecule has 0 aliphatic carbocycles. The number of nitrogens with one attached hydrogen (secondary N) is 1. The molecule has 0 radical (unpaired) electrons. The van der Waals surface area contributed by atoms with Gasteiger partial charge < -0.3 is 14.5 Å². The Labute approximate surface area is 216 Å². The molecule has 0 aromatic carbocycles. The number of nitrogens with zero attached hydrogens (tertiary/aromatic N) is 7. The number of hydrogen-bond donors (Lipinski definition) is 1. The fourth-order valence-corrected chi connectivity index (χ4v) is 4.13. The van der Waals surface area contributed by atoms with E-state index in [4.69, 9.17) is 4.74 Å². The first-order valence-corrected chi connectivity index (χ1v) is 11.7. The van der Waals surface area contributed by atoms with E-state index in [2.05, 4.69) is 20.2 Å². The van der Waals surface area contributed by atoms with Crippen LogP contribution in [-0.2, 0) is 27.4 Å². The standard InChI is InChI=1S/C22H24F6N8O3/c1-20(2,36-14-11-31-32-18(38)16(14)17(33-36)22(26,27)28)12-39-8-3-15(37)34-4-6-35(7-5-34)19-29-9-13(10-30-19)21(23,24)25/h9-11H,3-8,12H2,1-2H3,(H,32,38). The van der Waals surface area contributed by atoms with Crippen LogP contribution in [0.5, 0.6) is 0 Å². The summed E-state index contributed by atoms with van der Waals surface area (Å²) in [5.41, 5.74) is -4.52. The van der Waals surface area contributed by atoms with Gasteiger partial charge in [0.2, 0.25) is 11.9 Å². The lowest BCUT2D eigenvalue weighted by Gasteiger charge is -2.34. The largest absolute Gasteiger partial charge is 0.435 e. The van der Waals surface area contributed by atoms with Crippen molar-refractivity contribution < 1.29 is 35.9 Å². The van der Waals surface area contributed by atoms with Crippen molar-refractivity contribution in [3.8, 4) is 0 Å². The van der Waals surface area contributed by atoms with Gasteiger partial charge in [0.15, 0.2) is 5.69 Å². The Kier molecular flexibility index (Phi) is 7.55. The number of fused-ring (bicyclic) bond motifs is 1. The first-order valence-electron chi connectivity index (χ1n) is 11.7. The zero-order chi connectivity index (χ0) is 28.6. The number of H-pyrrole nitrogens is 1. The van der Waals surface area contributed by atoms with Crippen molar-refractivity contribution in [1.29, 1.82) is 0 Å². The Morgan fingerprint density at radius 1 is 1.00 bits per heavy atom. The Balaban J connectivity index is 1.29. The number of carbonyl (C=O) groups is 1. The number of ether oxygens (including phenoxy) is 1. The number of aromatic nitrogens is 6. The molecule has 0 unspecified atom stereocenters. The number of amides is 1. The van der Waals surface area contributed by atoms with Crippen molar-refractivity contribution in [2.75, 3.05) is 44.3 Å². The number of alkyl halides is 6. The lowest BCUT2D eigenvalue weighted by atomic mass is 10.1. The number of piperazine rings is 1. The van der Waals surface area contributed by atoms with E-state index in [1.807, 2.05) is 5.10 Å². The van der Waals surface area contributed by atoms with E-state index in [9.17, 15) is 35.9 Å². The second-order valence-corrected chi connectivity index (χ2v) is 9.47. The van der Waals surface area contributed by atoms with Gasteiger partial charge in [-0.1, -0.05) is 0 Å². The summed E-state index contributed by atoms with van der Waals surface area (Å²) in [7, 11) is 0. The Morgan fingerprint density at radius 3 is 2.23 bits per heavy atom. The van der Waals surface area contributed by atoms with E-state index in [1.54, 1.807) is 23.6 Å². The van der Waals surface area contributed by atoms with Crippen LogP contribution in [0.2, 0.25) is 0 Å². The first-order chi connectivity index (χ1) is 18.2. The summed E-state index contributed by atoms with van der Waals surface area (Å²) in [5.74, 6) is -0.0851. The fraction of sp³-hybridized carbons (Fsp3) is 0.545.